The highest BCUT2D eigenvalue weighted by molar-refractivity contribution is 5.69. The van der Waals surface area contributed by atoms with Gasteiger partial charge in [0, 0.05) is 32.1 Å². The second-order valence-electron chi connectivity index (χ2n) is 5.39. The van der Waals surface area contributed by atoms with Crippen molar-refractivity contribution < 1.29 is 9.53 Å². The van der Waals surface area contributed by atoms with E-state index in [2.05, 4.69) is 23.6 Å². The van der Waals surface area contributed by atoms with Crippen molar-refractivity contribution in [1.29, 1.82) is 0 Å². The van der Waals surface area contributed by atoms with Gasteiger partial charge in [0.2, 0.25) is 0 Å². The maximum absolute atomic E-state index is 11.2. The Morgan fingerprint density at radius 1 is 1.21 bits per heavy atom. The lowest BCUT2D eigenvalue weighted by Gasteiger charge is -2.39. The summed E-state index contributed by atoms with van der Waals surface area (Å²) in [4.78, 5) is 16.3. The second-order valence-corrected chi connectivity index (χ2v) is 5.39. The summed E-state index contributed by atoms with van der Waals surface area (Å²) in [6.07, 6.45) is 3.86. The van der Waals surface area contributed by atoms with E-state index in [4.69, 9.17) is 4.74 Å². The molecule has 0 aromatic carbocycles. The Kier molecular flexibility index (Phi) is 8.07. The number of carbonyl (C=O) groups excluding carboxylic acids is 1. The molecule has 4 heteroatoms. The van der Waals surface area contributed by atoms with Crippen LogP contribution in [-0.4, -0.2) is 61.1 Å². The molecule has 19 heavy (non-hydrogen) atoms. The lowest BCUT2D eigenvalue weighted by atomic mass is 10.1. The highest BCUT2D eigenvalue weighted by Crippen LogP contribution is 2.10. The number of nitrogens with zero attached hydrogens (tertiary/aromatic N) is 2. The van der Waals surface area contributed by atoms with Crippen molar-refractivity contribution in [3.05, 3.63) is 0 Å². The van der Waals surface area contributed by atoms with Crippen LogP contribution in [0, 0.1) is 0 Å². The van der Waals surface area contributed by atoms with Crippen LogP contribution in [0.2, 0.25) is 0 Å². The number of likely N-dealkylation sites (N-methyl/N-ethyl adjacent to an activating group) is 1. The van der Waals surface area contributed by atoms with Crippen LogP contribution >= 0.6 is 0 Å². The largest absolute Gasteiger partial charge is 0.466 e. The summed E-state index contributed by atoms with van der Waals surface area (Å²) >= 11 is 0. The number of hydrogen-bond donors (Lipinski definition) is 0. The van der Waals surface area contributed by atoms with Crippen LogP contribution in [0.1, 0.15) is 46.5 Å². The van der Waals surface area contributed by atoms with Gasteiger partial charge >= 0.3 is 5.97 Å². The molecular formula is C15H30N2O2. The first kappa shape index (κ1) is 16.4. The third kappa shape index (κ3) is 6.39. The Morgan fingerprint density at radius 3 is 2.63 bits per heavy atom. The van der Waals surface area contributed by atoms with Crippen LogP contribution < -0.4 is 0 Å². The van der Waals surface area contributed by atoms with E-state index < -0.39 is 0 Å². The topological polar surface area (TPSA) is 32.8 Å². The molecule has 0 radical (unpaired) electrons. The average Bonchev–Trinajstić information content (AvgIpc) is 2.39. The molecule has 0 aliphatic carbocycles. The molecule has 1 rings (SSSR count). The van der Waals surface area contributed by atoms with Gasteiger partial charge in [0.1, 0.15) is 0 Å². The maximum Gasteiger partial charge on any atom is 0.305 e. The van der Waals surface area contributed by atoms with Gasteiger partial charge in [-0.25, -0.2) is 0 Å². The molecule has 1 aliphatic heterocycles. The van der Waals surface area contributed by atoms with E-state index in [0.717, 1.165) is 19.4 Å². The van der Waals surface area contributed by atoms with E-state index in [1.165, 1.54) is 32.6 Å². The average molecular weight is 270 g/mol. The highest BCUT2D eigenvalue weighted by Gasteiger charge is 2.21. The molecule has 1 fully saturated rings. The van der Waals surface area contributed by atoms with Crippen LogP contribution in [0.5, 0.6) is 0 Å². The maximum atomic E-state index is 11.2. The van der Waals surface area contributed by atoms with E-state index in [1.807, 2.05) is 6.92 Å². The Labute approximate surface area is 118 Å². The summed E-state index contributed by atoms with van der Waals surface area (Å²) in [5.74, 6) is -0.0484. The summed E-state index contributed by atoms with van der Waals surface area (Å²) in [5, 5.41) is 0. The predicted molar refractivity (Wildman–Crippen MR) is 78.3 cm³/mol. The van der Waals surface area contributed by atoms with E-state index in [-0.39, 0.29) is 5.97 Å². The molecule has 4 nitrogen and oxygen atoms in total. The van der Waals surface area contributed by atoms with Gasteiger partial charge in [-0.1, -0.05) is 13.3 Å². The van der Waals surface area contributed by atoms with Crippen LogP contribution in [0.25, 0.3) is 0 Å². The Bertz CT molecular complexity index is 259. The first-order valence-corrected chi connectivity index (χ1v) is 7.79. The van der Waals surface area contributed by atoms with Gasteiger partial charge < -0.3 is 9.64 Å². The Morgan fingerprint density at radius 2 is 2.00 bits per heavy atom. The van der Waals surface area contributed by atoms with Crippen molar-refractivity contribution in [2.75, 3.05) is 39.3 Å². The first-order valence-electron chi connectivity index (χ1n) is 7.79. The van der Waals surface area contributed by atoms with Crippen molar-refractivity contribution >= 4 is 5.97 Å². The molecule has 0 aromatic rings. The molecule has 0 aromatic heterocycles. The summed E-state index contributed by atoms with van der Waals surface area (Å²) in [5.41, 5.74) is 0. The molecule has 0 amide bonds. The van der Waals surface area contributed by atoms with Crippen molar-refractivity contribution in [1.82, 2.24) is 9.80 Å². The van der Waals surface area contributed by atoms with Crippen molar-refractivity contribution in [3.8, 4) is 0 Å². The quantitative estimate of drug-likeness (QED) is 0.500. The zero-order valence-corrected chi connectivity index (χ0v) is 12.9. The standard InChI is InChI=1S/C15H30N2O2/c1-4-17-12-11-16(13-14(17)3)10-8-6-7-9-15(18)19-5-2/h14H,4-13H2,1-3H3. The summed E-state index contributed by atoms with van der Waals surface area (Å²) in [7, 11) is 0. The number of piperazine rings is 1. The fourth-order valence-electron chi connectivity index (χ4n) is 2.76. The molecule has 1 aliphatic rings. The first-order chi connectivity index (χ1) is 9.17. The minimum absolute atomic E-state index is 0.0484. The van der Waals surface area contributed by atoms with Gasteiger partial charge in [-0.3, -0.25) is 9.69 Å². The number of rotatable bonds is 8. The van der Waals surface area contributed by atoms with Crippen LogP contribution in [0.15, 0.2) is 0 Å². The molecular weight excluding hydrogens is 240 g/mol. The van der Waals surface area contributed by atoms with Gasteiger partial charge in [0.15, 0.2) is 0 Å². The smallest absolute Gasteiger partial charge is 0.305 e. The van der Waals surface area contributed by atoms with Gasteiger partial charge in [-0.15, -0.1) is 0 Å². The number of carbonyl (C=O) groups is 1. The summed E-state index contributed by atoms with van der Waals surface area (Å²) in [6.45, 7) is 12.8. The normalized spacial score (nSPS) is 21.5. The molecule has 1 atom stereocenters. The molecule has 0 N–H and O–H groups in total. The molecule has 0 saturated carbocycles. The van der Waals surface area contributed by atoms with E-state index in [1.54, 1.807) is 0 Å². The van der Waals surface area contributed by atoms with Gasteiger partial charge in [-0.05, 0) is 39.8 Å². The third-order valence-electron chi connectivity index (χ3n) is 3.92. The summed E-state index contributed by atoms with van der Waals surface area (Å²) < 4.78 is 4.92. The number of hydrogen-bond acceptors (Lipinski definition) is 4. The minimum Gasteiger partial charge on any atom is -0.466 e. The summed E-state index contributed by atoms with van der Waals surface area (Å²) in [6, 6.07) is 0.679. The number of ether oxygens (including phenoxy) is 1. The molecule has 112 valence electrons. The Balaban J connectivity index is 2.03. The monoisotopic (exact) mass is 270 g/mol. The molecule has 0 spiro atoms. The zero-order valence-electron chi connectivity index (χ0n) is 12.9. The van der Waals surface area contributed by atoms with Gasteiger partial charge in [0.25, 0.3) is 0 Å². The lowest BCUT2D eigenvalue weighted by Crippen LogP contribution is -2.51. The number of unbranched alkanes of at least 4 members (excludes halogenated alkanes) is 2. The fraction of sp³-hybridized carbons (Fsp3) is 0.933. The predicted octanol–water partition coefficient (Wildman–Crippen LogP) is 2.14. The second kappa shape index (κ2) is 9.32. The minimum atomic E-state index is -0.0484. The molecule has 0 bridgehead atoms. The lowest BCUT2D eigenvalue weighted by molar-refractivity contribution is -0.143. The zero-order chi connectivity index (χ0) is 14.1. The van der Waals surface area contributed by atoms with Crippen LogP contribution in [0.3, 0.4) is 0 Å². The van der Waals surface area contributed by atoms with Crippen LogP contribution in [0.4, 0.5) is 0 Å². The van der Waals surface area contributed by atoms with Crippen molar-refractivity contribution in [2.45, 2.75) is 52.5 Å². The van der Waals surface area contributed by atoms with E-state index in [0.29, 0.717) is 19.1 Å². The fourth-order valence-corrected chi connectivity index (χ4v) is 2.76. The Hall–Kier alpha value is -0.610. The van der Waals surface area contributed by atoms with Gasteiger partial charge in [0.05, 0.1) is 6.61 Å². The third-order valence-corrected chi connectivity index (χ3v) is 3.92. The highest BCUT2D eigenvalue weighted by atomic mass is 16.5. The van der Waals surface area contributed by atoms with Crippen molar-refractivity contribution in [3.63, 3.8) is 0 Å². The number of esters is 1. The van der Waals surface area contributed by atoms with E-state index in [9.17, 15) is 4.79 Å². The van der Waals surface area contributed by atoms with Crippen molar-refractivity contribution in [2.24, 2.45) is 0 Å². The molecule has 1 unspecified atom stereocenters. The van der Waals surface area contributed by atoms with E-state index >= 15 is 0 Å². The van der Waals surface area contributed by atoms with Crippen LogP contribution in [-0.2, 0) is 9.53 Å². The molecule has 1 heterocycles. The molecule has 1 saturated heterocycles. The SMILES string of the molecule is CCOC(=O)CCCCCN1CCN(CC)C(C)C1. The van der Waals surface area contributed by atoms with Gasteiger partial charge in [-0.2, -0.15) is 0 Å².